The first kappa shape index (κ1) is 12.6. The lowest BCUT2D eigenvalue weighted by atomic mass is 9.89. The second-order valence-electron chi connectivity index (χ2n) is 5.25. The molecule has 0 aliphatic carbocycles. The van der Waals surface area contributed by atoms with Crippen LogP contribution in [0.15, 0.2) is 6.07 Å². The first-order valence-corrected chi connectivity index (χ1v) is 7.01. The molecule has 96 valence electrons. The molecule has 1 fully saturated rings. The van der Waals surface area contributed by atoms with E-state index in [1.54, 1.807) is 0 Å². The van der Waals surface area contributed by atoms with Crippen molar-refractivity contribution in [3.8, 4) is 0 Å². The normalized spacial score (nSPS) is 25.1. The summed E-state index contributed by atoms with van der Waals surface area (Å²) >= 11 is 0. The van der Waals surface area contributed by atoms with Crippen molar-refractivity contribution in [3.05, 3.63) is 17.5 Å². The first-order chi connectivity index (χ1) is 8.22. The van der Waals surface area contributed by atoms with Gasteiger partial charge in [0.2, 0.25) is 0 Å². The van der Waals surface area contributed by atoms with Crippen molar-refractivity contribution >= 4 is 0 Å². The van der Waals surface area contributed by atoms with Gasteiger partial charge in [0, 0.05) is 18.3 Å². The van der Waals surface area contributed by atoms with Crippen molar-refractivity contribution in [2.45, 2.75) is 59.0 Å². The van der Waals surface area contributed by atoms with Crippen LogP contribution in [-0.2, 0) is 19.4 Å². The second-order valence-corrected chi connectivity index (χ2v) is 5.25. The van der Waals surface area contributed by atoms with Gasteiger partial charge in [-0.05, 0) is 58.1 Å². The van der Waals surface area contributed by atoms with Gasteiger partial charge in [0.15, 0.2) is 0 Å². The van der Waals surface area contributed by atoms with E-state index in [1.165, 1.54) is 37.2 Å². The van der Waals surface area contributed by atoms with Crippen molar-refractivity contribution in [1.29, 1.82) is 0 Å². The molecule has 1 aromatic heterocycles. The Labute approximate surface area is 105 Å². The smallest absolute Gasteiger partial charge is 0.0624 e. The Morgan fingerprint density at radius 1 is 1.47 bits per heavy atom. The second kappa shape index (κ2) is 5.67. The third kappa shape index (κ3) is 3.09. The molecule has 1 aromatic rings. The summed E-state index contributed by atoms with van der Waals surface area (Å²) in [5.74, 6) is 0.831. The lowest BCUT2D eigenvalue weighted by molar-refractivity contribution is 0.309. The predicted molar refractivity (Wildman–Crippen MR) is 71.2 cm³/mol. The Balaban J connectivity index is 2.03. The standard InChI is InChI=1S/C14H25N3/c1-4-13-10-14(17(5-2)16-13)9-12-6-7-15-11(3)8-12/h10-12,15H,4-9H2,1-3H3. The molecule has 3 heteroatoms. The fourth-order valence-electron chi connectivity index (χ4n) is 2.84. The summed E-state index contributed by atoms with van der Waals surface area (Å²) in [6.45, 7) is 8.82. The largest absolute Gasteiger partial charge is 0.314 e. The van der Waals surface area contributed by atoms with Crippen LogP contribution in [0.2, 0.25) is 0 Å². The topological polar surface area (TPSA) is 29.9 Å². The van der Waals surface area contributed by atoms with Gasteiger partial charge in [0.25, 0.3) is 0 Å². The molecule has 2 heterocycles. The van der Waals surface area contributed by atoms with Gasteiger partial charge in [-0.1, -0.05) is 6.92 Å². The molecule has 3 nitrogen and oxygen atoms in total. The fraction of sp³-hybridized carbons (Fsp3) is 0.786. The van der Waals surface area contributed by atoms with E-state index in [1.807, 2.05) is 0 Å². The van der Waals surface area contributed by atoms with Crippen LogP contribution in [0.25, 0.3) is 0 Å². The van der Waals surface area contributed by atoms with E-state index >= 15 is 0 Å². The van der Waals surface area contributed by atoms with Gasteiger partial charge in [-0.25, -0.2) is 0 Å². The number of nitrogens with one attached hydrogen (secondary N) is 1. The Hall–Kier alpha value is -0.830. The molecule has 2 atom stereocenters. The highest BCUT2D eigenvalue weighted by molar-refractivity contribution is 5.11. The number of hydrogen-bond acceptors (Lipinski definition) is 2. The van der Waals surface area contributed by atoms with Crippen LogP contribution in [0.5, 0.6) is 0 Å². The molecule has 2 unspecified atom stereocenters. The van der Waals surface area contributed by atoms with Gasteiger partial charge in [-0.15, -0.1) is 0 Å². The van der Waals surface area contributed by atoms with Crippen LogP contribution in [-0.4, -0.2) is 22.4 Å². The molecule has 17 heavy (non-hydrogen) atoms. The summed E-state index contributed by atoms with van der Waals surface area (Å²) in [6.07, 6.45) is 4.85. The maximum atomic E-state index is 4.63. The maximum absolute atomic E-state index is 4.63. The zero-order valence-electron chi connectivity index (χ0n) is 11.4. The Morgan fingerprint density at radius 2 is 2.29 bits per heavy atom. The van der Waals surface area contributed by atoms with Crippen LogP contribution >= 0.6 is 0 Å². The molecule has 0 spiro atoms. The molecule has 0 bridgehead atoms. The number of hydrogen-bond donors (Lipinski definition) is 1. The Bertz CT molecular complexity index is 356. The molecular formula is C14H25N3. The number of aryl methyl sites for hydroxylation is 2. The van der Waals surface area contributed by atoms with Gasteiger partial charge in [0.05, 0.1) is 5.69 Å². The molecule has 1 N–H and O–H groups in total. The van der Waals surface area contributed by atoms with Crippen LogP contribution in [0.3, 0.4) is 0 Å². The average Bonchev–Trinajstić information content (AvgIpc) is 2.71. The zero-order valence-corrected chi connectivity index (χ0v) is 11.4. The highest BCUT2D eigenvalue weighted by Crippen LogP contribution is 2.21. The summed E-state index contributed by atoms with van der Waals surface area (Å²) in [5, 5.41) is 8.15. The Morgan fingerprint density at radius 3 is 2.94 bits per heavy atom. The van der Waals surface area contributed by atoms with E-state index in [-0.39, 0.29) is 0 Å². The molecule has 0 aromatic carbocycles. The van der Waals surface area contributed by atoms with Gasteiger partial charge < -0.3 is 5.32 Å². The predicted octanol–water partition coefficient (Wildman–Crippen LogP) is 2.40. The Kier molecular flexibility index (Phi) is 4.21. The fourth-order valence-corrected chi connectivity index (χ4v) is 2.84. The van der Waals surface area contributed by atoms with E-state index in [9.17, 15) is 0 Å². The lowest BCUT2D eigenvalue weighted by Crippen LogP contribution is -2.36. The van der Waals surface area contributed by atoms with Gasteiger partial charge in [-0.2, -0.15) is 5.10 Å². The highest BCUT2D eigenvalue weighted by atomic mass is 15.3. The van der Waals surface area contributed by atoms with Crippen molar-refractivity contribution in [2.75, 3.05) is 6.54 Å². The molecule has 2 rings (SSSR count). The minimum absolute atomic E-state index is 0.678. The van der Waals surface area contributed by atoms with Crippen molar-refractivity contribution in [1.82, 2.24) is 15.1 Å². The molecule has 1 aliphatic rings. The number of rotatable bonds is 4. The third-order valence-electron chi connectivity index (χ3n) is 3.81. The average molecular weight is 235 g/mol. The van der Waals surface area contributed by atoms with E-state index < -0.39 is 0 Å². The summed E-state index contributed by atoms with van der Waals surface area (Å²) in [4.78, 5) is 0. The number of piperidine rings is 1. The summed E-state index contributed by atoms with van der Waals surface area (Å²) in [7, 11) is 0. The molecule has 0 radical (unpaired) electrons. The van der Waals surface area contributed by atoms with Crippen LogP contribution in [0.4, 0.5) is 0 Å². The van der Waals surface area contributed by atoms with Gasteiger partial charge in [0.1, 0.15) is 0 Å². The van der Waals surface area contributed by atoms with E-state index in [2.05, 4.69) is 41.9 Å². The third-order valence-corrected chi connectivity index (χ3v) is 3.81. The van der Waals surface area contributed by atoms with E-state index in [0.717, 1.165) is 18.9 Å². The zero-order chi connectivity index (χ0) is 12.3. The quantitative estimate of drug-likeness (QED) is 0.868. The van der Waals surface area contributed by atoms with Crippen molar-refractivity contribution in [3.63, 3.8) is 0 Å². The molecule has 1 saturated heterocycles. The summed E-state index contributed by atoms with van der Waals surface area (Å²) < 4.78 is 2.19. The highest BCUT2D eigenvalue weighted by Gasteiger charge is 2.20. The van der Waals surface area contributed by atoms with E-state index in [4.69, 9.17) is 0 Å². The van der Waals surface area contributed by atoms with Gasteiger partial charge >= 0.3 is 0 Å². The van der Waals surface area contributed by atoms with Gasteiger partial charge in [-0.3, -0.25) is 4.68 Å². The first-order valence-electron chi connectivity index (χ1n) is 7.01. The van der Waals surface area contributed by atoms with Crippen molar-refractivity contribution in [2.24, 2.45) is 5.92 Å². The minimum atomic E-state index is 0.678. The summed E-state index contributed by atoms with van der Waals surface area (Å²) in [6, 6.07) is 2.98. The molecule has 1 aliphatic heterocycles. The lowest BCUT2D eigenvalue weighted by Gasteiger charge is -2.28. The molecule has 0 saturated carbocycles. The SMILES string of the molecule is CCc1cc(CC2CCNC(C)C2)n(CC)n1. The minimum Gasteiger partial charge on any atom is -0.314 e. The maximum Gasteiger partial charge on any atom is 0.0624 e. The number of nitrogens with zero attached hydrogens (tertiary/aromatic N) is 2. The van der Waals surface area contributed by atoms with Crippen LogP contribution in [0, 0.1) is 5.92 Å². The monoisotopic (exact) mass is 235 g/mol. The molecular weight excluding hydrogens is 210 g/mol. The van der Waals surface area contributed by atoms with E-state index in [0.29, 0.717) is 6.04 Å². The van der Waals surface area contributed by atoms with Crippen molar-refractivity contribution < 1.29 is 0 Å². The summed E-state index contributed by atoms with van der Waals surface area (Å²) in [5.41, 5.74) is 2.67. The number of aromatic nitrogens is 2. The molecule has 0 amide bonds. The van der Waals surface area contributed by atoms with Crippen LogP contribution < -0.4 is 5.32 Å². The van der Waals surface area contributed by atoms with Crippen LogP contribution in [0.1, 0.15) is 45.0 Å².